The van der Waals surface area contributed by atoms with Gasteiger partial charge in [-0.25, -0.2) is 0 Å². The third-order valence-corrected chi connectivity index (χ3v) is 4.84. The van der Waals surface area contributed by atoms with Crippen LogP contribution in [0.2, 0.25) is 5.02 Å². The molecule has 3 aromatic rings. The molecule has 3 heterocycles. The Morgan fingerprint density at radius 1 is 1.37 bits per heavy atom. The van der Waals surface area contributed by atoms with E-state index in [9.17, 15) is 4.79 Å². The average molecular weight is 390 g/mol. The number of nitrogens with zero attached hydrogens (tertiary/aromatic N) is 4. The van der Waals surface area contributed by atoms with Crippen LogP contribution in [-0.4, -0.2) is 34.2 Å². The summed E-state index contributed by atoms with van der Waals surface area (Å²) in [7, 11) is 0. The predicted octanol–water partition coefficient (Wildman–Crippen LogP) is 3.10. The van der Waals surface area contributed by atoms with Gasteiger partial charge in [0.1, 0.15) is 5.52 Å². The first-order valence-electron chi connectivity index (χ1n) is 8.93. The van der Waals surface area contributed by atoms with Crippen LogP contribution in [0.3, 0.4) is 0 Å². The molecule has 1 fully saturated rings. The van der Waals surface area contributed by atoms with E-state index in [1.807, 2.05) is 6.07 Å². The lowest BCUT2D eigenvalue weighted by atomic mass is 9.95. The summed E-state index contributed by atoms with van der Waals surface area (Å²) in [5, 5.41) is 11.1. The summed E-state index contributed by atoms with van der Waals surface area (Å²) in [6.45, 7) is 3.56. The van der Waals surface area contributed by atoms with E-state index in [2.05, 4.69) is 25.4 Å². The van der Waals surface area contributed by atoms with E-state index in [0.717, 1.165) is 31.4 Å². The predicted molar refractivity (Wildman–Crippen MR) is 99.5 cm³/mol. The van der Waals surface area contributed by atoms with E-state index >= 15 is 0 Å². The van der Waals surface area contributed by atoms with Gasteiger partial charge in [0.05, 0.1) is 6.54 Å². The van der Waals surface area contributed by atoms with Crippen molar-refractivity contribution in [2.24, 2.45) is 5.92 Å². The molecule has 0 radical (unpaired) electrons. The molecule has 0 aliphatic carbocycles. The Labute approximate surface area is 160 Å². The Kier molecular flexibility index (Phi) is 4.98. The second kappa shape index (κ2) is 7.56. The molecule has 1 unspecified atom stereocenters. The van der Waals surface area contributed by atoms with Crippen molar-refractivity contribution in [3.05, 3.63) is 35.0 Å². The maximum atomic E-state index is 12.2. The summed E-state index contributed by atoms with van der Waals surface area (Å²) >= 11 is 6.01. The number of carbonyl (C=O) groups excluding carboxylic acids is 1. The van der Waals surface area contributed by atoms with Gasteiger partial charge in [0.2, 0.25) is 17.7 Å². The molecule has 1 aliphatic heterocycles. The van der Waals surface area contributed by atoms with Gasteiger partial charge in [0, 0.05) is 37.5 Å². The Hall–Kier alpha value is -2.61. The van der Waals surface area contributed by atoms with Crippen LogP contribution >= 0.6 is 11.6 Å². The van der Waals surface area contributed by atoms with Gasteiger partial charge in [0.15, 0.2) is 5.58 Å². The molecule has 1 saturated heterocycles. The third kappa shape index (κ3) is 4.21. The first kappa shape index (κ1) is 17.8. The van der Waals surface area contributed by atoms with Crippen molar-refractivity contribution >= 4 is 34.6 Å². The Bertz CT molecular complexity index is 954. The molecule has 8 nitrogen and oxygen atoms in total. The minimum Gasteiger partial charge on any atom is -0.424 e. The molecule has 27 heavy (non-hydrogen) atoms. The number of nitrogens with one attached hydrogen (secondary N) is 1. The van der Waals surface area contributed by atoms with Gasteiger partial charge in [-0.3, -0.25) is 4.79 Å². The first-order valence-corrected chi connectivity index (χ1v) is 9.31. The Morgan fingerprint density at radius 2 is 2.26 bits per heavy atom. The highest BCUT2D eigenvalue weighted by Gasteiger charge is 2.25. The van der Waals surface area contributed by atoms with Gasteiger partial charge >= 0.3 is 0 Å². The van der Waals surface area contributed by atoms with E-state index in [4.69, 9.17) is 20.4 Å². The molecular formula is C18H20ClN5O3. The molecule has 1 aromatic carbocycles. The Morgan fingerprint density at radius 3 is 3.07 bits per heavy atom. The number of anilines is 1. The molecule has 9 heteroatoms. The number of benzene rings is 1. The highest BCUT2D eigenvalue weighted by molar-refractivity contribution is 6.31. The van der Waals surface area contributed by atoms with Crippen LogP contribution in [0.5, 0.6) is 0 Å². The summed E-state index contributed by atoms with van der Waals surface area (Å²) in [5.41, 5.74) is 1.45. The van der Waals surface area contributed by atoms with Gasteiger partial charge in [-0.1, -0.05) is 11.6 Å². The number of hydrogen-bond donors (Lipinski definition) is 1. The Balaban J connectivity index is 1.35. The van der Waals surface area contributed by atoms with Gasteiger partial charge in [-0.05, 0) is 30.9 Å². The van der Waals surface area contributed by atoms with Crippen molar-refractivity contribution < 1.29 is 13.6 Å². The zero-order valence-electron chi connectivity index (χ0n) is 14.9. The number of oxazole rings is 1. The molecule has 4 rings (SSSR count). The van der Waals surface area contributed by atoms with Crippen LogP contribution in [0.4, 0.5) is 6.01 Å². The number of piperidine rings is 1. The first-order chi connectivity index (χ1) is 13.1. The highest BCUT2D eigenvalue weighted by atomic mass is 35.5. The number of hydrogen-bond acceptors (Lipinski definition) is 7. The number of carbonyl (C=O) groups is 1. The van der Waals surface area contributed by atoms with Gasteiger partial charge in [-0.2, -0.15) is 4.98 Å². The molecule has 1 N–H and O–H groups in total. The molecule has 142 valence electrons. The fourth-order valence-electron chi connectivity index (χ4n) is 3.34. The topological polar surface area (TPSA) is 97.3 Å². The molecule has 1 amide bonds. The van der Waals surface area contributed by atoms with Crippen LogP contribution in [0, 0.1) is 12.8 Å². The fraction of sp³-hybridized carbons (Fsp3) is 0.444. The molecule has 0 saturated carbocycles. The second-order valence-corrected chi connectivity index (χ2v) is 7.19. The quantitative estimate of drug-likeness (QED) is 0.715. The molecule has 1 aliphatic rings. The largest absolute Gasteiger partial charge is 0.424 e. The number of rotatable bonds is 5. The number of fused-ring (bicyclic) bond motifs is 1. The molecular weight excluding hydrogens is 370 g/mol. The van der Waals surface area contributed by atoms with E-state index in [-0.39, 0.29) is 18.4 Å². The zero-order valence-corrected chi connectivity index (χ0v) is 15.7. The monoisotopic (exact) mass is 389 g/mol. The van der Waals surface area contributed by atoms with Crippen LogP contribution in [0.25, 0.3) is 11.1 Å². The number of aryl methyl sites for hydroxylation is 1. The van der Waals surface area contributed by atoms with E-state index in [1.54, 1.807) is 19.1 Å². The summed E-state index contributed by atoms with van der Waals surface area (Å²) < 4.78 is 11.1. The van der Waals surface area contributed by atoms with Crippen LogP contribution in [0.1, 0.15) is 31.0 Å². The van der Waals surface area contributed by atoms with Crippen molar-refractivity contribution in [2.45, 2.75) is 32.7 Å². The van der Waals surface area contributed by atoms with Crippen molar-refractivity contribution in [1.82, 2.24) is 20.5 Å². The van der Waals surface area contributed by atoms with Crippen molar-refractivity contribution in [3.8, 4) is 0 Å². The normalized spacial score (nSPS) is 17.4. The summed E-state index contributed by atoms with van der Waals surface area (Å²) in [4.78, 5) is 18.9. The maximum absolute atomic E-state index is 12.2. The van der Waals surface area contributed by atoms with Crippen molar-refractivity contribution in [3.63, 3.8) is 0 Å². The van der Waals surface area contributed by atoms with Crippen molar-refractivity contribution in [2.75, 3.05) is 18.0 Å². The molecule has 0 spiro atoms. The fourth-order valence-corrected chi connectivity index (χ4v) is 3.51. The summed E-state index contributed by atoms with van der Waals surface area (Å²) in [6, 6.07) is 5.99. The van der Waals surface area contributed by atoms with E-state index in [1.165, 1.54) is 0 Å². The van der Waals surface area contributed by atoms with E-state index in [0.29, 0.717) is 34.8 Å². The standard InChI is InChI=1S/C18H20ClN5O3/c1-11-22-23-17(26-11)9-20-16(25)7-12-3-2-6-24(10-12)18-21-14-5-4-13(19)8-15(14)27-18/h4-5,8,12H,2-3,6-7,9-10H2,1H3,(H,20,25). The van der Waals surface area contributed by atoms with Crippen LogP contribution in [0.15, 0.2) is 27.0 Å². The zero-order chi connectivity index (χ0) is 18.8. The lowest BCUT2D eigenvalue weighted by Crippen LogP contribution is -2.38. The molecule has 1 atom stereocenters. The van der Waals surface area contributed by atoms with Crippen molar-refractivity contribution in [1.29, 1.82) is 0 Å². The minimum absolute atomic E-state index is 0.0259. The summed E-state index contributed by atoms with van der Waals surface area (Å²) in [6.07, 6.45) is 2.42. The molecule has 2 aromatic heterocycles. The lowest BCUT2D eigenvalue weighted by Gasteiger charge is -2.31. The average Bonchev–Trinajstić information content (AvgIpc) is 3.26. The second-order valence-electron chi connectivity index (χ2n) is 6.76. The smallest absolute Gasteiger partial charge is 0.298 e. The number of amides is 1. The van der Waals surface area contributed by atoms with Crippen LogP contribution < -0.4 is 10.2 Å². The lowest BCUT2D eigenvalue weighted by molar-refractivity contribution is -0.122. The van der Waals surface area contributed by atoms with Gasteiger partial charge < -0.3 is 19.1 Å². The minimum atomic E-state index is -0.0259. The summed E-state index contributed by atoms with van der Waals surface area (Å²) in [5.74, 6) is 1.11. The number of halogens is 1. The van der Waals surface area contributed by atoms with Crippen LogP contribution in [-0.2, 0) is 11.3 Å². The third-order valence-electron chi connectivity index (χ3n) is 4.61. The van der Waals surface area contributed by atoms with Gasteiger partial charge in [-0.15, -0.1) is 10.2 Å². The molecule has 0 bridgehead atoms. The maximum Gasteiger partial charge on any atom is 0.298 e. The SMILES string of the molecule is Cc1nnc(CNC(=O)CC2CCCN(c3nc4ccc(Cl)cc4o3)C2)o1. The van der Waals surface area contributed by atoms with E-state index < -0.39 is 0 Å². The van der Waals surface area contributed by atoms with Gasteiger partial charge in [0.25, 0.3) is 6.01 Å². The number of aromatic nitrogens is 3. The highest BCUT2D eigenvalue weighted by Crippen LogP contribution is 2.28.